The second-order valence-electron chi connectivity index (χ2n) is 30.8. The van der Waals surface area contributed by atoms with Gasteiger partial charge in [-0.3, -0.25) is 0 Å². The van der Waals surface area contributed by atoms with Crippen LogP contribution in [0.1, 0.15) is 230 Å². The first-order valence-corrected chi connectivity index (χ1v) is 27.9. The van der Waals surface area contributed by atoms with Gasteiger partial charge in [0.05, 0.1) is 23.4 Å². The minimum Gasteiger partial charge on any atom is -0.472 e. The number of aryl methyl sites for hydroxylation is 1. The molecule has 1 aromatic heterocycles. The minimum atomic E-state index is -0.0528. The lowest BCUT2D eigenvalue weighted by Gasteiger charge is -2.57. The molecule has 69 heavy (non-hydrogen) atoms. The maximum atomic E-state index is 7.96. The molecule has 0 saturated heterocycles. The molecule has 3 heterocycles. The van der Waals surface area contributed by atoms with Gasteiger partial charge in [-0.25, -0.2) is 0 Å². The molecule has 370 valence electrons. The summed E-state index contributed by atoms with van der Waals surface area (Å²) in [5, 5.41) is 0. The van der Waals surface area contributed by atoms with Gasteiger partial charge < -0.3 is 14.2 Å². The van der Waals surface area contributed by atoms with Crippen LogP contribution >= 0.6 is 0 Å². The molecule has 9 aliphatic rings. The van der Waals surface area contributed by atoms with Crippen LogP contribution in [-0.4, -0.2) is 18.8 Å². The lowest BCUT2D eigenvalue weighted by molar-refractivity contribution is 0.121. The minimum absolute atomic E-state index is 0.00317. The van der Waals surface area contributed by atoms with Crippen LogP contribution in [-0.2, 0) is 21.7 Å². The third-order valence-electron chi connectivity index (χ3n) is 21.4. The van der Waals surface area contributed by atoms with Crippen molar-refractivity contribution in [1.82, 2.24) is 0 Å². The first kappa shape index (κ1) is 47.9. The topological polar surface area (TPSA) is 19.6 Å². The van der Waals surface area contributed by atoms with Crippen molar-refractivity contribution in [3.63, 3.8) is 0 Å². The second kappa shape index (κ2) is 14.4. The molecule has 7 aliphatic carbocycles. The average Bonchev–Trinajstić information content (AvgIpc) is 3.67. The van der Waals surface area contributed by atoms with Crippen molar-refractivity contribution in [3.05, 3.63) is 109 Å². The SMILES string of the molecule is Cc1cc2c(cc1N1C3=C4B(C5=C1CC1C(=C5)C(C)(C)CCC1(C)C)c1oc5c(c1N(C1C=CC6=C(C1)C(C)(C)CCC6(C)C)C4CC(C(C)(C)C)=C3)C(C)(C)CCC5(C)C)C(C)(C)CCC2(C)C. The molecule has 3 nitrogen and oxygen atoms in total. The summed E-state index contributed by atoms with van der Waals surface area (Å²) < 4.78 is 7.96. The van der Waals surface area contributed by atoms with Crippen LogP contribution in [0.3, 0.4) is 0 Å². The smallest absolute Gasteiger partial charge is 0.292 e. The Bertz CT molecular complexity index is 2780. The van der Waals surface area contributed by atoms with E-state index in [4.69, 9.17) is 4.42 Å². The number of rotatable bonds is 2. The molecule has 1 fully saturated rings. The van der Waals surface area contributed by atoms with Gasteiger partial charge in [-0.1, -0.05) is 173 Å². The van der Waals surface area contributed by atoms with Crippen molar-refractivity contribution in [2.75, 3.05) is 9.80 Å². The van der Waals surface area contributed by atoms with Crippen LogP contribution in [0.15, 0.2) is 85.5 Å². The van der Waals surface area contributed by atoms with Gasteiger partial charge in [0.25, 0.3) is 6.71 Å². The standard InChI is InChI=1S/C65H91BN2O/c1-38-31-42-45(62(13,14)27-25-59(42,7)8)36-48(38)68-49-37-46-44(61(11,12)26-28-63(46,15)16)35-47(49)66-53-50(32-39(33-51(53)68)57(2,3)4)67(40-21-22-41-43(34-40)60(9,10)24-23-58(41,5)6)54-52-55(69-56(54)66)65(19,20)30-29-64(52,17)18/h21-22,31,33,35-36,40,46,50H,23-30,32,34,37H2,1-20H3. The van der Waals surface area contributed by atoms with Crippen LogP contribution in [0.25, 0.3) is 0 Å². The van der Waals surface area contributed by atoms with Crippen LogP contribution in [0.2, 0.25) is 0 Å². The van der Waals surface area contributed by atoms with E-state index in [-0.39, 0.29) is 67.5 Å². The fourth-order valence-electron chi connectivity index (χ4n) is 16.0. The van der Waals surface area contributed by atoms with E-state index >= 15 is 0 Å². The number of nitrogens with zero attached hydrogens (tertiary/aromatic N) is 2. The molecule has 11 rings (SSSR count). The van der Waals surface area contributed by atoms with Crippen molar-refractivity contribution < 1.29 is 4.42 Å². The van der Waals surface area contributed by atoms with E-state index in [1.54, 1.807) is 38.9 Å². The van der Waals surface area contributed by atoms with Gasteiger partial charge in [0.1, 0.15) is 5.76 Å². The van der Waals surface area contributed by atoms with E-state index in [0.717, 1.165) is 25.7 Å². The Balaban J connectivity index is 1.25. The molecule has 3 unspecified atom stereocenters. The van der Waals surface area contributed by atoms with Crippen molar-refractivity contribution in [1.29, 1.82) is 0 Å². The summed E-state index contributed by atoms with van der Waals surface area (Å²) in [7, 11) is 0. The number of fused-ring (bicyclic) bond motifs is 7. The average molecular weight is 927 g/mol. The van der Waals surface area contributed by atoms with E-state index < -0.39 is 0 Å². The summed E-state index contributed by atoms with van der Waals surface area (Å²) in [5.74, 6) is 1.74. The van der Waals surface area contributed by atoms with Crippen LogP contribution in [0.5, 0.6) is 0 Å². The zero-order valence-electron chi connectivity index (χ0n) is 47.4. The number of benzene rings is 1. The summed E-state index contributed by atoms with van der Waals surface area (Å²) in [6.45, 7) is 50.5. The zero-order valence-corrected chi connectivity index (χ0v) is 47.4. The summed E-state index contributed by atoms with van der Waals surface area (Å²) in [5.41, 5.74) is 23.7. The third kappa shape index (κ3) is 6.90. The number of furan rings is 1. The molecular weight excluding hydrogens is 836 g/mol. The quantitative estimate of drug-likeness (QED) is 0.280. The second-order valence-corrected chi connectivity index (χ2v) is 30.8. The van der Waals surface area contributed by atoms with Gasteiger partial charge in [-0.05, 0) is 172 Å². The number of anilines is 2. The Morgan fingerprint density at radius 3 is 1.90 bits per heavy atom. The molecule has 0 spiro atoms. The molecule has 4 heteroatoms. The monoisotopic (exact) mass is 927 g/mol. The van der Waals surface area contributed by atoms with Crippen LogP contribution in [0.4, 0.5) is 11.4 Å². The highest BCUT2D eigenvalue weighted by Crippen LogP contribution is 2.63. The van der Waals surface area contributed by atoms with E-state index in [1.807, 2.05) is 0 Å². The lowest BCUT2D eigenvalue weighted by Crippen LogP contribution is -2.61. The third-order valence-corrected chi connectivity index (χ3v) is 21.4. The Labute approximate surface area is 421 Å². The van der Waals surface area contributed by atoms with Crippen molar-refractivity contribution in [2.24, 2.45) is 33.0 Å². The van der Waals surface area contributed by atoms with Gasteiger partial charge in [-0.2, -0.15) is 0 Å². The summed E-state index contributed by atoms with van der Waals surface area (Å²) in [6, 6.07) is 5.76. The molecule has 2 aromatic rings. The van der Waals surface area contributed by atoms with Gasteiger partial charge in [-0.15, -0.1) is 0 Å². The van der Waals surface area contributed by atoms with Crippen molar-refractivity contribution in [3.8, 4) is 0 Å². The summed E-state index contributed by atoms with van der Waals surface area (Å²) in [6.07, 6.45) is 23.7. The molecule has 0 N–H and O–H groups in total. The summed E-state index contributed by atoms with van der Waals surface area (Å²) in [4.78, 5) is 5.94. The number of allylic oxidation sites excluding steroid dienone is 7. The van der Waals surface area contributed by atoms with Gasteiger partial charge in [0.2, 0.25) is 0 Å². The highest BCUT2D eigenvalue weighted by molar-refractivity contribution is 6.88. The Morgan fingerprint density at radius 2 is 1.23 bits per heavy atom. The number of hydrogen-bond donors (Lipinski definition) is 0. The molecule has 0 bridgehead atoms. The Hall–Kier alpha value is -3.40. The Morgan fingerprint density at radius 1 is 0.638 bits per heavy atom. The zero-order chi connectivity index (χ0) is 49.9. The molecule has 1 saturated carbocycles. The predicted octanol–water partition coefficient (Wildman–Crippen LogP) is 16.9. The highest BCUT2D eigenvalue weighted by Gasteiger charge is 2.59. The van der Waals surface area contributed by atoms with Crippen molar-refractivity contribution >= 4 is 23.7 Å². The predicted molar refractivity (Wildman–Crippen MR) is 295 cm³/mol. The molecule has 0 amide bonds. The largest absolute Gasteiger partial charge is 0.472 e. The maximum absolute atomic E-state index is 7.96. The van der Waals surface area contributed by atoms with Gasteiger partial charge in [0.15, 0.2) is 0 Å². The van der Waals surface area contributed by atoms with E-state index in [1.165, 1.54) is 95.7 Å². The van der Waals surface area contributed by atoms with Gasteiger partial charge in [0, 0.05) is 28.1 Å². The van der Waals surface area contributed by atoms with Gasteiger partial charge >= 0.3 is 0 Å². The molecule has 1 aromatic carbocycles. The van der Waals surface area contributed by atoms with Crippen molar-refractivity contribution in [2.45, 2.75) is 243 Å². The Kier molecular flexibility index (Phi) is 10.0. The summed E-state index contributed by atoms with van der Waals surface area (Å²) >= 11 is 0. The normalized spacial score (nSPS) is 30.3. The molecule has 0 radical (unpaired) electrons. The van der Waals surface area contributed by atoms with Crippen LogP contribution < -0.4 is 15.5 Å². The van der Waals surface area contributed by atoms with E-state index in [2.05, 4.69) is 185 Å². The highest BCUT2D eigenvalue weighted by atomic mass is 16.3. The molecule has 3 atom stereocenters. The fourth-order valence-corrected chi connectivity index (χ4v) is 16.0. The van der Waals surface area contributed by atoms with E-state index in [0.29, 0.717) is 5.92 Å². The molecular formula is C65H91BN2O. The van der Waals surface area contributed by atoms with Crippen LogP contribution in [0, 0.1) is 39.9 Å². The first-order valence-electron chi connectivity index (χ1n) is 27.9. The maximum Gasteiger partial charge on any atom is 0.292 e. The first-order chi connectivity index (χ1) is 31.7. The molecule has 2 aliphatic heterocycles. The number of hydrogen-bond acceptors (Lipinski definition) is 3. The lowest BCUT2D eigenvalue weighted by atomic mass is 9.31. The van der Waals surface area contributed by atoms with E-state index in [9.17, 15) is 0 Å². The fraction of sp³-hybridized carbons (Fsp3) is 0.662.